The highest BCUT2D eigenvalue weighted by atomic mass is 19.1. The summed E-state index contributed by atoms with van der Waals surface area (Å²) < 4.78 is 25.8. The van der Waals surface area contributed by atoms with Crippen LogP contribution in [0.25, 0.3) is 0 Å². The third-order valence-electron chi connectivity index (χ3n) is 4.75. The molecule has 6 heteroatoms. The topological polar surface area (TPSA) is 47.5 Å². The van der Waals surface area contributed by atoms with Gasteiger partial charge in [-0.15, -0.1) is 0 Å². The Bertz CT molecular complexity index is 685. The molecule has 1 saturated carbocycles. The maximum Gasteiger partial charge on any atom is 0.250 e. The van der Waals surface area contributed by atoms with Crippen molar-refractivity contribution in [3.8, 4) is 5.88 Å². The zero-order chi connectivity index (χ0) is 16.4. The first-order chi connectivity index (χ1) is 11.8. The van der Waals surface area contributed by atoms with E-state index in [2.05, 4.69) is 20.9 Å². The van der Waals surface area contributed by atoms with Crippen LogP contribution in [0.4, 0.5) is 4.39 Å². The minimum atomic E-state index is -0.431. The second-order valence-corrected chi connectivity index (χ2v) is 6.26. The summed E-state index contributed by atoms with van der Waals surface area (Å²) in [5, 5.41) is 0. The fraction of sp³-hybridized carbons (Fsp3) is 0.444. The SMILES string of the molecule is Fc1cccnc1OC1C2CCC1N(Cc1cccnc1)CCO2. The average Bonchev–Trinajstić information content (AvgIpc) is 2.91. The monoisotopic (exact) mass is 329 g/mol. The normalized spacial score (nSPS) is 27.0. The minimum Gasteiger partial charge on any atom is -0.468 e. The fourth-order valence-corrected chi connectivity index (χ4v) is 3.63. The van der Waals surface area contributed by atoms with Gasteiger partial charge in [0.1, 0.15) is 6.10 Å². The van der Waals surface area contributed by atoms with E-state index in [9.17, 15) is 4.39 Å². The number of hydrogen-bond acceptors (Lipinski definition) is 5. The quantitative estimate of drug-likeness (QED) is 0.862. The molecular weight excluding hydrogens is 309 g/mol. The number of hydrogen-bond donors (Lipinski definition) is 0. The van der Waals surface area contributed by atoms with Gasteiger partial charge in [0.15, 0.2) is 5.82 Å². The van der Waals surface area contributed by atoms with Crippen molar-refractivity contribution in [3.05, 3.63) is 54.2 Å². The molecule has 2 aliphatic rings. The van der Waals surface area contributed by atoms with Gasteiger partial charge in [-0.2, -0.15) is 0 Å². The first-order valence-electron chi connectivity index (χ1n) is 8.33. The maximum absolute atomic E-state index is 13.9. The van der Waals surface area contributed by atoms with Gasteiger partial charge in [0.05, 0.1) is 12.7 Å². The van der Waals surface area contributed by atoms with Crippen molar-refractivity contribution in [3.63, 3.8) is 0 Å². The summed E-state index contributed by atoms with van der Waals surface area (Å²) in [7, 11) is 0. The van der Waals surface area contributed by atoms with Crippen molar-refractivity contribution in [1.82, 2.24) is 14.9 Å². The van der Waals surface area contributed by atoms with Gasteiger partial charge in [-0.05, 0) is 36.6 Å². The van der Waals surface area contributed by atoms with Crippen molar-refractivity contribution in [2.45, 2.75) is 37.6 Å². The van der Waals surface area contributed by atoms with Crippen LogP contribution in [0.1, 0.15) is 18.4 Å². The summed E-state index contributed by atoms with van der Waals surface area (Å²) in [6, 6.07) is 7.14. The maximum atomic E-state index is 13.9. The van der Waals surface area contributed by atoms with E-state index in [-0.39, 0.29) is 24.1 Å². The number of fused-ring (bicyclic) bond motifs is 2. The smallest absolute Gasteiger partial charge is 0.250 e. The molecule has 1 aliphatic carbocycles. The molecular formula is C18H20FN3O2. The summed E-state index contributed by atoms with van der Waals surface area (Å²) in [6.45, 7) is 2.28. The van der Waals surface area contributed by atoms with E-state index in [4.69, 9.17) is 9.47 Å². The summed E-state index contributed by atoms with van der Waals surface area (Å²) >= 11 is 0. The van der Waals surface area contributed by atoms with E-state index in [0.717, 1.165) is 31.5 Å². The lowest BCUT2D eigenvalue weighted by atomic mass is 10.1. The molecule has 5 nitrogen and oxygen atoms in total. The molecule has 2 aromatic rings. The third-order valence-corrected chi connectivity index (χ3v) is 4.75. The predicted octanol–water partition coefficient (Wildman–Crippen LogP) is 2.43. The van der Waals surface area contributed by atoms with Gasteiger partial charge in [0.2, 0.25) is 0 Å². The van der Waals surface area contributed by atoms with Crippen LogP contribution >= 0.6 is 0 Å². The molecule has 3 heterocycles. The van der Waals surface area contributed by atoms with Crippen LogP contribution in [0.3, 0.4) is 0 Å². The highest BCUT2D eigenvalue weighted by Gasteiger charge is 2.44. The largest absolute Gasteiger partial charge is 0.468 e. The molecule has 0 radical (unpaired) electrons. The van der Waals surface area contributed by atoms with Gasteiger partial charge in [-0.3, -0.25) is 9.88 Å². The van der Waals surface area contributed by atoms with E-state index in [1.807, 2.05) is 12.3 Å². The van der Waals surface area contributed by atoms with E-state index < -0.39 is 5.82 Å². The number of pyridine rings is 2. The summed E-state index contributed by atoms with van der Waals surface area (Å²) in [5.74, 6) is -0.369. The molecule has 0 aromatic carbocycles. The summed E-state index contributed by atoms with van der Waals surface area (Å²) in [5.41, 5.74) is 1.16. The highest BCUT2D eigenvalue weighted by molar-refractivity contribution is 5.15. The van der Waals surface area contributed by atoms with Gasteiger partial charge in [0, 0.05) is 37.7 Å². The van der Waals surface area contributed by atoms with Gasteiger partial charge in [-0.25, -0.2) is 9.37 Å². The highest BCUT2D eigenvalue weighted by Crippen LogP contribution is 2.33. The van der Waals surface area contributed by atoms with Crippen LogP contribution < -0.4 is 4.74 Å². The van der Waals surface area contributed by atoms with Crippen molar-refractivity contribution >= 4 is 0 Å². The van der Waals surface area contributed by atoms with Crippen LogP contribution in [0, 0.1) is 5.82 Å². The van der Waals surface area contributed by atoms with E-state index >= 15 is 0 Å². The molecule has 0 N–H and O–H groups in total. The summed E-state index contributed by atoms with van der Waals surface area (Å²) in [6.07, 6.45) is 6.90. The zero-order valence-electron chi connectivity index (χ0n) is 13.3. The van der Waals surface area contributed by atoms with Crippen molar-refractivity contribution < 1.29 is 13.9 Å². The van der Waals surface area contributed by atoms with E-state index in [0.29, 0.717) is 6.61 Å². The standard InChI is InChI=1S/C18H20FN3O2/c19-14-4-2-8-21-18(14)24-17-15-5-6-16(17)23-10-9-22(15)12-13-3-1-7-20-11-13/h1-4,7-8,11,15-17H,5-6,9-10,12H2. The molecule has 3 atom stereocenters. The molecule has 2 aromatic heterocycles. The number of ether oxygens (including phenoxy) is 2. The molecule has 2 fully saturated rings. The Labute approximate surface area is 140 Å². The van der Waals surface area contributed by atoms with Crippen LogP contribution in [-0.4, -0.2) is 46.3 Å². The molecule has 3 unspecified atom stereocenters. The van der Waals surface area contributed by atoms with Crippen LogP contribution in [-0.2, 0) is 11.3 Å². The summed E-state index contributed by atoms with van der Waals surface area (Å²) in [4.78, 5) is 10.6. The number of nitrogens with zero attached hydrogens (tertiary/aromatic N) is 3. The van der Waals surface area contributed by atoms with Crippen molar-refractivity contribution in [1.29, 1.82) is 0 Å². The molecule has 0 spiro atoms. The number of aromatic nitrogens is 2. The fourth-order valence-electron chi connectivity index (χ4n) is 3.63. The van der Waals surface area contributed by atoms with Crippen molar-refractivity contribution in [2.75, 3.05) is 13.2 Å². The van der Waals surface area contributed by atoms with Crippen LogP contribution in [0.5, 0.6) is 5.88 Å². The lowest BCUT2D eigenvalue weighted by molar-refractivity contribution is 0.000138. The van der Waals surface area contributed by atoms with Gasteiger partial charge in [0.25, 0.3) is 5.88 Å². The zero-order valence-corrected chi connectivity index (χ0v) is 13.3. The molecule has 4 rings (SSSR count). The lowest BCUT2D eigenvalue weighted by Crippen LogP contribution is -2.44. The first-order valence-corrected chi connectivity index (χ1v) is 8.33. The first kappa shape index (κ1) is 15.5. The van der Waals surface area contributed by atoms with E-state index in [1.165, 1.54) is 6.07 Å². The third kappa shape index (κ3) is 3.12. The molecule has 24 heavy (non-hydrogen) atoms. The Morgan fingerprint density at radius 1 is 1.25 bits per heavy atom. The average molecular weight is 329 g/mol. The number of rotatable bonds is 4. The molecule has 1 aliphatic heterocycles. The molecule has 0 amide bonds. The molecule has 126 valence electrons. The Kier molecular flexibility index (Phi) is 4.40. The van der Waals surface area contributed by atoms with Gasteiger partial charge >= 0.3 is 0 Å². The van der Waals surface area contributed by atoms with Gasteiger partial charge in [-0.1, -0.05) is 6.07 Å². The minimum absolute atomic E-state index is 0.00435. The lowest BCUT2D eigenvalue weighted by Gasteiger charge is -2.31. The molecule has 1 saturated heterocycles. The second-order valence-electron chi connectivity index (χ2n) is 6.26. The van der Waals surface area contributed by atoms with Crippen LogP contribution in [0.2, 0.25) is 0 Å². The Morgan fingerprint density at radius 2 is 2.17 bits per heavy atom. The Balaban J connectivity index is 1.54. The molecule has 2 bridgehead atoms. The van der Waals surface area contributed by atoms with Gasteiger partial charge < -0.3 is 9.47 Å². The van der Waals surface area contributed by atoms with E-state index in [1.54, 1.807) is 18.5 Å². The Hall–Kier alpha value is -2.05. The van der Waals surface area contributed by atoms with Crippen molar-refractivity contribution in [2.24, 2.45) is 0 Å². The van der Waals surface area contributed by atoms with Crippen LogP contribution in [0.15, 0.2) is 42.9 Å². The second kappa shape index (κ2) is 6.83. The predicted molar refractivity (Wildman–Crippen MR) is 86.0 cm³/mol. The number of halogens is 1. The Morgan fingerprint density at radius 3 is 3.00 bits per heavy atom.